The van der Waals surface area contributed by atoms with Gasteiger partial charge in [-0.25, -0.2) is 13.2 Å². The molecule has 8 heteroatoms. The van der Waals surface area contributed by atoms with E-state index in [4.69, 9.17) is 4.74 Å². The molecule has 1 aliphatic rings. The molecule has 0 fully saturated rings. The summed E-state index contributed by atoms with van der Waals surface area (Å²) < 4.78 is 60.8. The van der Waals surface area contributed by atoms with E-state index < -0.39 is 22.9 Å². The van der Waals surface area contributed by atoms with Crippen LogP contribution in [0.25, 0.3) is 0 Å². The summed E-state index contributed by atoms with van der Waals surface area (Å²) in [6.45, 7) is 5.09. The highest BCUT2D eigenvalue weighted by molar-refractivity contribution is 7.80. The predicted molar refractivity (Wildman–Crippen MR) is 98.5 cm³/mol. The summed E-state index contributed by atoms with van der Waals surface area (Å²) in [5.41, 5.74) is 1.45. The first-order chi connectivity index (χ1) is 12.7. The summed E-state index contributed by atoms with van der Waals surface area (Å²) >= 11 is -1.26. The van der Waals surface area contributed by atoms with Crippen molar-refractivity contribution in [2.24, 2.45) is 0 Å². The quantitative estimate of drug-likeness (QED) is 0.810. The molecule has 0 spiro atoms. The van der Waals surface area contributed by atoms with E-state index in [9.17, 15) is 17.4 Å². The molecule has 1 atom stereocenters. The lowest BCUT2D eigenvalue weighted by Gasteiger charge is -2.28. The molecule has 3 rings (SSSR count). The Kier molecular flexibility index (Phi) is 5.88. The first-order valence-corrected chi connectivity index (χ1v) is 9.73. The Balaban J connectivity index is 1.72. The second kappa shape index (κ2) is 8.00. The van der Waals surface area contributed by atoms with Gasteiger partial charge in [0, 0.05) is 19.1 Å². The number of fused-ring (bicyclic) bond motifs is 1. The van der Waals surface area contributed by atoms with E-state index in [1.807, 2.05) is 30.3 Å². The highest BCUT2D eigenvalue weighted by atomic mass is 32.2. The average molecular weight is 398 g/mol. The number of benzene rings is 2. The standard InChI is InChI=1S/C19H21F3N2O2S/c1-13(2)23-27(25)24-10-9-14-3-6-18(11-15(14)12-24)26-17-7-4-16(5-8-17)19(20,21)22/h3-8,11,13,23H,9-10,12H2,1-2H3. The molecule has 0 saturated carbocycles. The Hall–Kier alpha value is -1.90. The maximum absolute atomic E-state index is 12.6. The first kappa shape index (κ1) is 19.9. The molecular weight excluding hydrogens is 377 g/mol. The molecule has 0 amide bonds. The first-order valence-electron chi connectivity index (χ1n) is 8.62. The molecule has 1 unspecified atom stereocenters. The van der Waals surface area contributed by atoms with Crippen LogP contribution in [0.1, 0.15) is 30.5 Å². The smallest absolute Gasteiger partial charge is 0.416 e. The second-order valence-electron chi connectivity index (χ2n) is 6.69. The van der Waals surface area contributed by atoms with Crippen molar-refractivity contribution >= 4 is 11.2 Å². The Morgan fingerprint density at radius 3 is 2.37 bits per heavy atom. The third-order valence-corrected chi connectivity index (χ3v) is 5.60. The maximum atomic E-state index is 12.6. The molecule has 1 N–H and O–H groups in total. The molecule has 2 aromatic rings. The second-order valence-corrected chi connectivity index (χ2v) is 7.94. The summed E-state index contributed by atoms with van der Waals surface area (Å²) in [6.07, 6.45) is -3.59. The normalized spacial score (nSPS) is 16.2. The highest BCUT2D eigenvalue weighted by Crippen LogP contribution is 2.32. The average Bonchev–Trinajstić information content (AvgIpc) is 2.60. The van der Waals surface area contributed by atoms with Gasteiger partial charge in [-0.05, 0) is 67.8 Å². The van der Waals surface area contributed by atoms with Crippen LogP contribution in [0.4, 0.5) is 13.2 Å². The van der Waals surface area contributed by atoms with Gasteiger partial charge in [-0.3, -0.25) is 0 Å². The van der Waals surface area contributed by atoms with E-state index in [-0.39, 0.29) is 6.04 Å². The number of alkyl halides is 3. The van der Waals surface area contributed by atoms with Crippen molar-refractivity contribution in [3.63, 3.8) is 0 Å². The fraction of sp³-hybridized carbons (Fsp3) is 0.368. The third-order valence-electron chi connectivity index (χ3n) is 4.14. The lowest BCUT2D eigenvalue weighted by atomic mass is 10.0. The van der Waals surface area contributed by atoms with Gasteiger partial charge in [-0.1, -0.05) is 6.07 Å². The molecule has 0 aliphatic carbocycles. The van der Waals surface area contributed by atoms with Crippen molar-refractivity contribution in [3.8, 4) is 11.5 Å². The molecule has 0 saturated heterocycles. The van der Waals surface area contributed by atoms with Gasteiger partial charge >= 0.3 is 6.18 Å². The Labute approximate surface area is 159 Å². The number of ether oxygens (including phenoxy) is 1. The molecule has 2 aromatic carbocycles. The van der Waals surface area contributed by atoms with Gasteiger partial charge in [-0.15, -0.1) is 0 Å². The monoisotopic (exact) mass is 398 g/mol. The van der Waals surface area contributed by atoms with E-state index in [2.05, 4.69) is 4.72 Å². The lowest BCUT2D eigenvalue weighted by Crippen LogP contribution is -2.41. The summed E-state index contributed by atoms with van der Waals surface area (Å²) in [5.74, 6) is 0.874. The van der Waals surface area contributed by atoms with E-state index >= 15 is 0 Å². The molecule has 0 aromatic heterocycles. The summed E-state index contributed by atoms with van der Waals surface area (Å²) in [6, 6.07) is 10.3. The van der Waals surface area contributed by atoms with Crippen molar-refractivity contribution in [3.05, 3.63) is 59.2 Å². The largest absolute Gasteiger partial charge is 0.457 e. The molecule has 146 valence electrons. The highest BCUT2D eigenvalue weighted by Gasteiger charge is 2.30. The Morgan fingerprint density at radius 1 is 1.07 bits per heavy atom. The number of nitrogens with one attached hydrogen (secondary N) is 1. The van der Waals surface area contributed by atoms with E-state index in [0.29, 0.717) is 24.6 Å². The predicted octanol–water partition coefficient (Wildman–Crippen LogP) is 4.43. The van der Waals surface area contributed by atoms with Gasteiger partial charge in [0.1, 0.15) is 11.5 Å². The van der Waals surface area contributed by atoms with Gasteiger partial charge in [-0.2, -0.15) is 13.2 Å². The zero-order valence-electron chi connectivity index (χ0n) is 15.0. The zero-order chi connectivity index (χ0) is 19.6. The summed E-state index contributed by atoms with van der Waals surface area (Å²) in [4.78, 5) is 0. The number of hydrogen-bond acceptors (Lipinski definition) is 2. The topological polar surface area (TPSA) is 41.6 Å². The van der Waals surface area contributed by atoms with Gasteiger partial charge in [0.15, 0.2) is 11.2 Å². The van der Waals surface area contributed by atoms with E-state index in [1.54, 1.807) is 6.07 Å². The minimum atomic E-state index is -4.37. The fourth-order valence-electron chi connectivity index (χ4n) is 2.84. The van der Waals surface area contributed by atoms with Crippen LogP contribution >= 0.6 is 0 Å². The summed E-state index contributed by atoms with van der Waals surface area (Å²) in [5, 5.41) is 0. The number of hydrogen-bond donors (Lipinski definition) is 1. The Morgan fingerprint density at radius 2 is 1.74 bits per heavy atom. The van der Waals surface area contributed by atoms with Crippen molar-refractivity contribution in [1.29, 1.82) is 0 Å². The molecule has 0 radical (unpaired) electrons. The SMILES string of the molecule is CC(C)NS(=O)N1CCc2ccc(Oc3ccc(C(F)(F)F)cc3)cc2C1. The van der Waals surface area contributed by atoms with Crippen LogP contribution in [-0.2, 0) is 30.3 Å². The van der Waals surface area contributed by atoms with E-state index in [1.165, 1.54) is 12.1 Å². The third kappa shape index (κ3) is 5.09. The van der Waals surface area contributed by atoms with Crippen molar-refractivity contribution in [2.45, 2.75) is 39.0 Å². The number of halogens is 3. The molecular formula is C19H21F3N2O2S. The zero-order valence-corrected chi connectivity index (χ0v) is 15.9. The van der Waals surface area contributed by atoms with Crippen LogP contribution in [0.5, 0.6) is 11.5 Å². The molecule has 1 aliphatic heterocycles. The fourth-order valence-corrected chi connectivity index (χ4v) is 3.90. The van der Waals surface area contributed by atoms with Gasteiger partial charge in [0.2, 0.25) is 0 Å². The van der Waals surface area contributed by atoms with Crippen LogP contribution < -0.4 is 9.46 Å². The number of nitrogens with zero attached hydrogens (tertiary/aromatic N) is 1. The minimum absolute atomic E-state index is 0.113. The van der Waals surface area contributed by atoms with Gasteiger partial charge < -0.3 is 4.74 Å². The molecule has 4 nitrogen and oxygen atoms in total. The van der Waals surface area contributed by atoms with Crippen LogP contribution in [0.15, 0.2) is 42.5 Å². The molecule has 27 heavy (non-hydrogen) atoms. The molecule has 0 bridgehead atoms. The maximum Gasteiger partial charge on any atom is 0.416 e. The van der Waals surface area contributed by atoms with Gasteiger partial charge in [0.25, 0.3) is 0 Å². The van der Waals surface area contributed by atoms with Crippen molar-refractivity contribution in [2.75, 3.05) is 6.54 Å². The van der Waals surface area contributed by atoms with E-state index in [0.717, 1.165) is 29.7 Å². The van der Waals surface area contributed by atoms with Crippen molar-refractivity contribution < 1.29 is 22.1 Å². The number of rotatable bonds is 5. The van der Waals surface area contributed by atoms with Crippen LogP contribution in [0.2, 0.25) is 0 Å². The van der Waals surface area contributed by atoms with Crippen molar-refractivity contribution in [1.82, 2.24) is 9.03 Å². The van der Waals surface area contributed by atoms with Gasteiger partial charge in [0.05, 0.1) is 5.56 Å². The van der Waals surface area contributed by atoms with Crippen LogP contribution in [0.3, 0.4) is 0 Å². The molecule has 1 heterocycles. The minimum Gasteiger partial charge on any atom is -0.457 e. The Bertz CT molecular complexity index is 823. The summed E-state index contributed by atoms with van der Waals surface area (Å²) in [7, 11) is 0. The van der Waals surface area contributed by atoms with Crippen LogP contribution in [-0.4, -0.2) is 21.1 Å². The van der Waals surface area contributed by atoms with Crippen LogP contribution in [0, 0.1) is 0 Å². The lowest BCUT2D eigenvalue weighted by molar-refractivity contribution is -0.137.